The zero-order valence-corrected chi connectivity index (χ0v) is 44.7. The minimum Gasteiger partial charge on any atom is -0.493 e. The molecule has 406 valence electrons. The number of anilines is 1. The Kier molecular flexibility index (Phi) is 20.4. The van der Waals surface area contributed by atoms with Crippen molar-refractivity contribution in [1.29, 1.82) is 0 Å². The summed E-state index contributed by atoms with van der Waals surface area (Å²) >= 11 is 1.47. The van der Waals surface area contributed by atoms with E-state index in [0.29, 0.717) is 89.7 Å². The summed E-state index contributed by atoms with van der Waals surface area (Å²) in [4.78, 5) is 66.9. The zero-order chi connectivity index (χ0) is 54.8. The lowest BCUT2D eigenvalue weighted by Crippen LogP contribution is -2.33. The van der Waals surface area contributed by atoms with Crippen LogP contribution in [0.15, 0.2) is 133 Å². The number of esters is 5. The second-order valence-corrected chi connectivity index (χ2v) is 20.3. The first-order valence-corrected chi connectivity index (χ1v) is 26.4. The summed E-state index contributed by atoms with van der Waals surface area (Å²) in [6.07, 6.45) is 7.35. The maximum absolute atomic E-state index is 13.2. The van der Waals surface area contributed by atoms with Crippen LogP contribution in [0.5, 0.6) is 34.5 Å². The number of thiazole rings is 1. The predicted octanol–water partition coefficient (Wildman–Crippen LogP) is 11.1. The molecular weight excluding hydrogens is 1010 g/mol. The number of rotatable bonds is 25. The molecule has 0 spiro atoms. The number of benzene rings is 4. The van der Waals surface area contributed by atoms with Crippen LogP contribution in [0.2, 0.25) is 0 Å². The summed E-state index contributed by atoms with van der Waals surface area (Å²) in [6.45, 7) is 17.7. The number of para-hydroxylation sites is 1. The van der Waals surface area contributed by atoms with Gasteiger partial charge < -0.3 is 42.6 Å². The molecule has 5 aromatic rings. The Morgan fingerprint density at radius 1 is 0.610 bits per heavy atom. The molecule has 1 aromatic heterocycles. The molecule has 18 heteroatoms. The maximum atomic E-state index is 13.2. The van der Waals surface area contributed by atoms with Gasteiger partial charge in [-0.15, -0.1) is 0 Å². The molecule has 0 radical (unpaired) electrons. The summed E-state index contributed by atoms with van der Waals surface area (Å²) in [5, 5.41) is 7.31. The number of hydrogen-bond donors (Lipinski definition) is 0. The van der Waals surface area contributed by atoms with Crippen molar-refractivity contribution in [1.82, 2.24) is 4.98 Å². The van der Waals surface area contributed by atoms with Crippen LogP contribution in [0.25, 0.3) is 10.2 Å². The smallest absolute Gasteiger partial charge is 0.335 e. The fourth-order valence-corrected chi connectivity index (χ4v) is 9.41. The summed E-state index contributed by atoms with van der Waals surface area (Å²) in [5.41, 5.74) is 2.30. The van der Waals surface area contributed by atoms with E-state index >= 15 is 0 Å². The van der Waals surface area contributed by atoms with Gasteiger partial charge in [0, 0.05) is 22.3 Å². The van der Waals surface area contributed by atoms with Crippen molar-refractivity contribution >= 4 is 62.7 Å². The normalized spacial score (nSPS) is 17.5. The maximum Gasteiger partial charge on any atom is 0.335 e. The van der Waals surface area contributed by atoms with Crippen LogP contribution in [0.3, 0.4) is 0 Å². The lowest BCUT2D eigenvalue weighted by atomic mass is 9.82. The third kappa shape index (κ3) is 17.0. The molecule has 2 fully saturated rings. The molecule has 1 atom stereocenters. The van der Waals surface area contributed by atoms with E-state index in [-0.39, 0.29) is 66.9 Å². The fourth-order valence-electron chi connectivity index (χ4n) is 8.38. The van der Waals surface area contributed by atoms with Gasteiger partial charge in [0.1, 0.15) is 41.1 Å². The molecular formula is C59H65N3O14S. The Hall–Kier alpha value is -7.99. The van der Waals surface area contributed by atoms with Crippen molar-refractivity contribution in [3.8, 4) is 34.5 Å². The number of carbonyl (C=O) groups is 5. The number of fused-ring (bicyclic) bond motifs is 1. The van der Waals surface area contributed by atoms with E-state index in [0.717, 1.165) is 35.9 Å². The molecule has 0 amide bonds. The van der Waals surface area contributed by atoms with Gasteiger partial charge >= 0.3 is 29.8 Å². The fraction of sp³-hybridized carbons (Fsp3) is 0.373. The topological polar surface area (TPSA) is 197 Å². The molecule has 77 heavy (non-hydrogen) atoms. The molecule has 1 heterocycles. The van der Waals surface area contributed by atoms with Crippen molar-refractivity contribution in [2.75, 3.05) is 38.4 Å². The molecule has 1 unspecified atom stereocenters. The Morgan fingerprint density at radius 2 is 1.08 bits per heavy atom. The van der Waals surface area contributed by atoms with Gasteiger partial charge in [0.25, 0.3) is 0 Å². The van der Waals surface area contributed by atoms with Crippen LogP contribution in [-0.2, 0) is 38.2 Å². The van der Waals surface area contributed by atoms with Crippen molar-refractivity contribution in [2.45, 2.75) is 85.1 Å². The van der Waals surface area contributed by atoms with E-state index in [1.807, 2.05) is 49.4 Å². The molecule has 0 saturated heterocycles. The van der Waals surface area contributed by atoms with E-state index in [9.17, 15) is 24.0 Å². The molecule has 17 nitrogen and oxygen atoms in total. The van der Waals surface area contributed by atoms with Crippen molar-refractivity contribution in [3.05, 3.63) is 133 Å². The Bertz CT molecular complexity index is 2880. The summed E-state index contributed by atoms with van der Waals surface area (Å²) in [7, 11) is 0. The lowest BCUT2D eigenvalue weighted by molar-refractivity contribution is -0.146. The average molecular weight is 1070 g/mol. The van der Waals surface area contributed by atoms with Crippen molar-refractivity contribution in [2.24, 2.45) is 28.8 Å². The Labute approximate surface area is 452 Å². The molecule has 2 saturated carbocycles. The summed E-state index contributed by atoms with van der Waals surface area (Å²) < 4.78 is 51.8. The van der Waals surface area contributed by atoms with Crippen molar-refractivity contribution in [3.63, 3.8) is 0 Å². The second kappa shape index (κ2) is 27.7. The number of hydrazone groups is 1. The van der Waals surface area contributed by atoms with Gasteiger partial charge in [0.2, 0.25) is 18.7 Å². The quantitative estimate of drug-likeness (QED) is 0.0102. The molecule has 0 aliphatic heterocycles. The highest BCUT2D eigenvalue weighted by Crippen LogP contribution is 2.35. The van der Waals surface area contributed by atoms with Gasteiger partial charge in [-0.25, -0.2) is 24.4 Å². The van der Waals surface area contributed by atoms with Gasteiger partial charge in [0.05, 0.1) is 47.5 Å². The Balaban J connectivity index is 0.967. The van der Waals surface area contributed by atoms with Gasteiger partial charge in [0.15, 0.2) is 0 Å². The van der Waals surface area contributed by atoms with Gasteiger partial charge in [-0.1, -0.05) is 43.2 Å². The van der Waals surface area contributed by atoms with Crippen LogP contribution in [0, 0.1) is 23.7 Å². The van der Waals surface area contributed by atoms with Crippen LogP contribution in [-0.4, -0.2) is 80.5 Å². The van der Waals surface area contributed by atoms with E-state index in [1.165, 1.54) is 11.3 Å². The number of ether oxygens (including phenoxy) is 9. The van der Waals surface area contributed by atoms with Crippen LogP contribution in [0.4, 0.5) is 5.13 Å². The van der Waals surface area contributed by atoms with E-state index < -0.39 is 23.9 Å². The number of carbonyl (C=O) groups excluding carboxylic acids is 5. The lowest BCUT2D eigenvalue weighted by Gasteiger charge is -2.28. The Morgan fingerprint density at radius 3 is 1.58 bits per heavy atom. The largest absolute Gasteiger partial charge is 0.493 e. The highest BCUT2D eigenvalue weighted by molar-refractivity contribution is 7.22. The molecule has 2 aliphatic rings. The zero-order valence-electron chi connectivity index (χ0n) is 43.9. The van der Waals surface area contributed by atoms with E-state index in [1.54, 1.807) is 80.5 Å². The number of aromatic nitrogens is 1. The first-order valence-electron chi connectivity index (χ1n) is 25.5. The third-order valence-electron chi connectivity index (χ3n) is 12.9. The van der Waals surface area contributed by atoms with Gasteiger partial charge in [-0.2, -0.15) is 5.10 Å². The first-order chi connectivity index (χ1) is 37.1. The number of hydrogen-bond acceptors (Lipinski definition) is 18. The van der Waals surface area contributed by atoms with Crippen LogP contribution < -0.4 is 33.4 Å². The second-order valence-electron chi connectivity index (χ2n) is 19.3. The minimum absolute atomic E-state index is 0.0273. The van der Waals surface area contributed by atoms with E-state index in [4.69, 9.17) is 52.7 Å². The van der Waals surface area contributed by atoms with Crippen LogP contribution in [0.1, 0.15) is 84.6 Å². The monoisotopic (exact) mass is 1070 g/mol. The highest BCUT2D eigenvalue weighted by Gasteiger charge is 2.30. The molecule has 7 rings (SSSR count). The van der Waals surface area contributed by atoms with Gasteiger partial charge in [-0.3, -0.25) is 9.59 Å². The van der Waals surface area contributed by atoms with Crippen molar-refractivity contribution < 1.29 is 66.6 Å². The molecule has 0 N–H and O–H groups in total. The molecule has 0 bridgehead atoms. The van der Waals surface area contributed by atoms with Crippen LogP contribution >= 0.6 is 11.3 Å². The van der Waals surface area contributed by atoms with E-state index in [2.05, 4.69) is 19.7 Å². The standard InChI is InChI=1S/C59H65N3O14S/c1-37(2)54(63)70-32-40(7)62(59-61-51-10-8-9-11-53(51)77-59)60-31-45-30-50(68-33-41-12-16-43(17-13-41)57(66)75-48-24-20-46(21-25-48)71-35-73-55(64)38(3)4)28-29-52(45)69-34-42-14-18-44(19-15-42)58(67)76-49-26-22-47(23-27-49)72-36-74-56(65)39(5)6/h8-11,20-31,40-44H,1,3,5,12-19,32-36H2,2,4,6-7H3/b60-31+. The number of nitrogens with zero attached hydrogens (tertiary/aromatic N) is 3. The summed E-state index contributed by atoms with van der Waals surface area (Å²) in [6, 6.07) is 26.1. The SMILES string of the molecule is C=C(C)C(=O)OCOc1ccc(OC(=O)C2CCC(COc3ccc(OCC4CCC(C(=O)Oc5ccc(OCOC(=O)C(=C)C)cc5)CC4)c(/C=N/N(c4nc5ccccc5s4)C(C)COC(=O)C(=C)C)c3)CC2)cc1. The molecule has 4 aromatic carbocycles. The summed E-state index contributed by atoms with van der Waals surface area (Å²) in [5.74, 6) is 0.555. The van der Waals surface area contributed by atoms with Gasteiger partial charge in [-0.05, 0) is 170 Å². The average Bonchev–Trinajstić information content (AvgIpc) is 3.87. The first kappa shape index (κ1) is 56.7. The minimum atomic E-state index is -0.549. The third-order valence-corrected chi connectivity index (χ3v) is 14.0. The molecule has 2 aliphatic carbocycles. The highest BCUT2D eigenvalue weighted by atomic mass is 32.1. The predicted molar refractivity (Wildman–Crippen MR) is 290 cm³/mol.